The largest absolute Gasteiger partial charge is 0.504 e. The summed E-state index contributed by atoms with van der Waals surface area (Å²) in [6, 6.07) is 27.5. The first-order valence-electron chi connectivity index (χ1n) is 11.3. The lowest BCUT2D eigenvalue weighted by Gasteiger charge is -2.24. The molecule has 164 valence electrons. The van der Waals surface area contributed by atoms with Crippen molar-refractivity contribution in [2.45, 2.75) is 5.41 Å². The molecule has 2 aliphatic carbocycles. The van der Waals surface area contributed by atoms with Gasteiger partial charge >= 0.3 is 0 Å². The molecule has 1 atom stereocenters. The Morgan fingerprint density at radius 2 is 1.09 bits per heavy atom. The maximum atomic E-state index is 10.5. The minimum atomic E-state index is -0.600. The van der Waals surface area contributed by atoms with Crippen LogP contribution in [-0.4, -0.2) is 10.2 Å². The Kier molecular flexibility index (Phi) is 4.46. The molecule has 1 unspecified atom stereocenters. The Morgan fingerprint density at radius 1 is 0.571 bits per heavy atom. The number of aromatic hydroxyl groups is 2. The van der Waals surface area contributed by atoms with Crippen LogP contribution in [0.2, 0.25) is 0 Å². The molecule has 0 bridgehead atoms. The van der Waals surface area contributed by atoms with E-state index in [1.54, 1.807) is 12.1 Å². The molecular weight excluding hydrogens is 428 g/mol. The zero-order chi connectivity index (χ0) is 24.2. The molecule has 0 saturated heterocycles. The standard InChI is InChI=1S/C33H20O2/c1-3-21-9-13-23(14-10-21)27-19-33(29-8-6-5-7-25(27)29)20-28(24-15-11-22(4-2)12-16-24)26-17-31(34)32(35)18-30(26)33/h1-2,5-20,34-35H. The van der Waals surface area contributed by atoms with E-state index in [-0.39, 0.29) is 11.5 Å². The second kappa shape index (κ2) is 7.56. The van der Waals surface area contributed by atoms with Gasteiger partial charge in [-0.15, -0.1) is 12.8 Å². The number of rotatable bonds is 2. The number of benzene rings is 4. The van der Waals surface area contributed by atoms with Gasteiger partial charge in [-0.2, -0.15) is 0 Å². The molecule has 2 aliphatic rings. The van der Waals surface area contributed by atoms with Crippen LogP contribution in [0.3, 0.4) is 0 Å². The van der Waals surface area contributed by atoms with Gasteiger partial charge in [0.05, 0.1) is 5.41 Å². The summed E-state index contributed by atoms with van der Waals surface area (Å²) >= 11 is 0. The zero-order valence-corrected chi connectivity index (χ0v) is 18.8. The molecule has 0 fully saturated rings. The molecule has 6 rings (SSSR count). The van der Waals surface area contributed by atoms with Crippen molar-refractivity contribution in [2.75, 3.05) is 0 Å². The van der Waals surface area contributed by atoms with Crippen molar-refractivity contribution in [1.82, 2.24) is 0 Å². The van der Waals surface area contributed by atoms with Crippen LogP contribution in [0, 0.1) is 24.7 Å². The van der Waals surface area contributed by atoms with Crippen LogP contribution in [0.4, 0.5) is 0 Å². The molecule has 0 heterocycles. The van der Waals surface area contributed by atoms with Crippen molar-refractivity contribution in [3.63, 3.8) is 0 Å². The van der Waals surface area contributed by atoms with Crippen molar-refractivity contribution in [1.29, 1.82) is 0 Å². The zero-order valence-electron chi connectivity index (χ0n) is 18.8. The summed E-state index contributed by atoms with van der Waals surface area (Å²) in [5, 5.41) is 20.9. The van der Waals surface area contributed by atoms with Crippen LogP contribution < -0.4 is 0 Å². The lowest BCUT2D eigenvalue weighted by Crippen LogP contribution is -2.18. The van der Waals surface area contributed by atoms with Crippen LogP contribution in [-0.2, 0) is 5.41 Å². The third-order valence-corrected chi connectivity index (χ3v) is 6.98. The van der Waals surface area contributed by atoms with E-state index >= 15 is 0 Å². The normalized spacial score (nSPS) is 17.2. The van der Waals surface area contributed by atoms with E-state index in [4.69, 9.17) is 12.8 Å². The van der Waals surface area contributed by atoms with Crippen molar-refractivity contribution in [3.8, 4) is 36.2 Å². The summed E-state index contributed by atoms with van der Waals surface area (Å²) < 4.78 is 0. The number of hydrogen-bond acceptors (Lipinski definition) is 2. The summed E-state index contributed by atoms with van der Waals surface area (Å²) in [5.41, 5.74) is 9.23. The quantitative estimate of drug-likeness (QED) is 0.282. The summed E-state index contributed by atoms with van der Waals surface area (Å²) in [6.45, 7) is 0. The number of allylic oxidation sites excluding steroid dienone is 2. The fourth-order valence-corrected chi connectivity index (χ4v) is 5.30. The number of hydrogen-bond donors (Lipinski definition) is 2. The predicted molar refractivity (Wildman–Crippen MR) is 140 cm³/mol. The van der Waals surface area contributed by atoms with Crippen molar-refractivity contribution in [2.24, 2.45) is 0 Å². The molecule has 0 aromatic heterocycles. The lowest BCUT2D eigenvalue weighted by atomic mass is 9.78. The topological polar surface area (TPSA) is 40.5 Å². The molecule has 0 amide bonds. The van der Waals surface area contributed by atoms with E-state index in [0.717, 1.165) is 55.7 Å². The Morgan fingerprint density at radius 3 is 1.66 bits per heavy atom. The van der Waals surface area contributed by atoms with E-state index < -0.39 is 5.41 Å². The van der Waals surface area contributed by atoms with Gasteiger partial charge in [-0.1, -0.05) is 72.5 Å². The number of terminal acetylenes is 2. The number of phenols is 2. The molecule has 2 N–H and O–H groups in total. The Bertz CT molecular complexity index is 1650. The first-order chi connectivity index (χ1) is 17.0. The predicted octanol–water partition coefficient (Wildman–Crippen LogP) is 6.24. The summed E-state index contributed by atoms with van der Waals surface area (Å²) in [4.78, 5) is 0. The number of fused-ring (bicyclic) bond motifs is 4. The molecule has 4 aromatic rings. The van der Waals surface area contributed by atoms with E-state index in [2.05, 4.69) is 36.1 Å². The molecule has 2 nitrogen and oxygen atoms in total. The van der Waals surface area contributed by atoms with Crippen LogP contribution in [0.15, 0.2) is 97.1 Å². The van der Waals surface area contributed by atoms with Gasteiger partial charge in [0.15, 0.2) is 11.5 Å². The van der Waals surface area contributed by atoms with Gasteiger partial charge < -0.3 is 10.2 Å². The smallest absolute Gasteiger partial charge is 0.158 e. The third kappa shape index (κ3) is 3.02. The van der Waals surface area contributed by atoms with Gasteiger partial charge in [-0.05, 0) is 80.9 Å². The van der Waals surface area contributed by atoms with Gasteiger partial charge in [0, 0.05) is 11.1 Å². The Hall–Kier alpha value is -4.92. The van der Waals surface area contributed by atoms with Gasteiger partial charge in [-0.3, -0.25) is 0 Å². The van der Waals surface area contributed by atoms with Crippen LogP contribution in [0.5, 0.6) is 11.5 Å². The highest BCUT2D eigenvalue weighted by Gasteiger charge is 2.44. The molecule has 4 aromatic carbocycles. The highest BCUT2D eigenvalue weighted by Crippen LogP contribution is 2.56. The minimum Gasteiger partial charge on any atom is -0.504 e. The van der Waals surface area contributed by atoms with Crippen LogP contribution >= 0.6 is 0 Å². The van der Waals surface area contributed by atoms with E-state index in [1.165, 1.54) is 0 Å². The second-order valence-electron chi connectivity index (χ2n) is 8.86. The van der Waals surface area contributed by atoms with Crippen molar-refractivity contribution >= 4 is 11.1 Å². The molecule has 1 spiro atoms. The first kappa shape index (κ1) is 20.7. The van der Waals surface area contributed by atoms with E-state index in [9.17, 15) is 10.2 Å². The highest BCUT2D eigenvalue weighted by atomic mass is 16.3. The lowest BCUT2D eigenvalue weighted by molar-refractivity contribution is 0.402. The van der Waals surface area contributed by atoms with Crippen molar-refractivity contribution in [3.05, 3.63) is 142 Å². The molecule has 2 heteroatoms. The van der Waals surface area contributed by atoms with Gasteiger partial charge in [0.1, 0.15) is 0 Å². The monoisotopic (exact) mass is 448 g/mol. The van der Waals surface area contributed by atoms with E-state index in [0.29, 0.717) is 0 Å². The molecule has 0 saturated carbocycles. The van der Waals surface area contributed by atoms with Crippen LogP contribution in [0.25, 0.3) is 11.1 Å². The number of phenolic OH excluding ortho intramolecular Hbond substituents is 2. The fourth-order valence-electron chi connectivity index (χ4n) is 5.30. The molecule has 0 radical (unpaired) electrons. The highest BCUT2D eigenvalue weighted by molar-refractivity contribution is 5.97. The summed E-state index contributed by atoms with van der Waals surface area (Å²) in [7, 11) is 0. The van der Waals surface area contributed by atoms with Gasteiger partial charge in [0.25, 0.3) is 0 Å². The average Bonchev–Trinajstić information content (AvgIpc) is 3.40. The van der Waals surface area contributed by atoms with Crippen LogP contribution in [0.1, 0.15) is 44.5 Å². The van der Waals surface area contributed by atoms with E-state index in [1.807, 2.05) is 60.7 Å². The third-order valence-electron chi connectivity index (χ3n) is 6.98. The Labute approximate surface area is 204 Å². The molecule has 0 aliphatic heterocycles. The average molecular weight is 449 g/mol. The first-order valence-corrected chi connectivity index (χ1v) is 11.3. The SMILES string of the molecule is C#Cc1ccc(C2=CC3(C=C(c4ccc(C#C)cc4)c4cc(O)c(O)cc43)c3ccccc32)cc1. The maximum absolute atomic E-state index is 10.5. The molecule has 35 heavy (non-hydrogen) atoms. The minimum absolute atomic E-state index is 0.141. The summed E-state index contributed by atoms with van der Waals surface area (Å²) in [6.07, 6.45) is 15.6. The second-order valence-corrected chi connectivity index (χ2v) is 8.86. The Balaban J connectivity index is 1.64. The van der Waals surface area contributed by atoms with Crippen molar-refractivity contribution < 1.29 is 10.2 Å². The van der Waals surface area contributed by atoms with Gasteiger partial charge in [0.2, 0.25) is 0 Å². The fraction of sp³-hybridized carbons (Fsp3) is 0.0303. The molecular formula is C33H20O2. The maximum Gasteiger partial charge on any atom is 0.158 e. The van der Waals surface area contributed by atoms with Gasteiger partial charge in [-0.25, -0.2) is 0 Å². The summed E-state index contributed by atoms with van der Waals surface area (Å²) in [5.74, 6) is 5.05.